The van der Waals surface area contributed by atoms with Crippen LogP contribution in [-0.2, 0) is 13.1 Å². The number of aryl methyl sites for hydroxylation is 1. The van der Waals surface area contributed by atoms with Gasteiger partial charge in [0, 0.05) is 25.2 Å². The van der Waals surface area contributed by atoms with Gasteiger partial charge in [0.05, 0.1) is 26.9 Å². The Kier molecular flexibility index (Phi) is 5.47. The first-order valence-electron chi connectivity index (χ1n) is 6.70. The Morgan fingerprint density at radius 2 is 1.62 bits per heavy atom. The third-order valence-corrected chi connectivity index (χ3v) is 4.31. The molecule has 0 aliphatic heterocycles. The first-order chi connectivity index (χ1) is 10.2. The molecule has 1 heterocycles. The number of nitrogens with one attached hydrogen (secondary N) is 1. The Balaban J connectivity index is 2.13. The summed E-state index contributed by atoms with van der Waals surface area (Å²) in [6.07, 6.45) is 0. The molecule has 0 aliphatic carbocycles. The molecule has 0 unspecified atom stereocenters. The summed E-state index contributed by atoms with van der Waals surface area (Å²) >= 11 is 1.73. The topological polar surface area (TPSA) is 39.7 Å². The monoisotopic (exact) mass is 307 g/mol. The molecule has 0 radical (unpaired) electrons. The SMILES string of the molecule is COc1cc(OC)c(CNCc2cscc2C)c(OC)c1. The molecule has 4 nitrogen and oxygen atoms in total. The Morgan fingerprint density at radius 1 is 0.952 bits per heavy atom. The molecule has 1 N–H and O–H groups in total. The molecule has 1 aromatic carbocycles. The highest BCUT2D eigenvalue weighted by atomic mass is 32.1. The number of thiophene rings is 1. The van der Waals surface area contributed by atoms with Gasteiger partial charge in [-0.15, -0.1) is 0 Å². The molecule has 114 valence electrons. The standard InChI is InChI=1S/C16H21NO3S/c1-11-9-21-10-12(11)7-17-8-14-15(19-3)5-13(18-2)6-16(14)20-4/h5-6,9-10,17H,7-8H2,1-4H3. The van der Waals surface area contributed by atoms with Gasteiger partial charge in [-0.3, -0.25) is 0 Å². The number of ether oxygens (including phenoxy) is 3. The molecule has 0 atom stereocenters. The molecule has 0 bridgehead atoms. The fourth-order valence-electron chi connectivity index (χ4n) is 2.14. The molecule has 0 aliphatic rings. The fraction of sp³-hybridized carbons (Fsp3) is 0.375. The van der Waals surface area contributed by atoms with Crippen LogP contribution < -0.4 is 19.5 Å². The Morgan fingerprint density at radius 3 is 2.10 bits per heavy atom. The number of hydrogen-bond donors (Lipinski definition) is 1. The summed E-state index contributed by atoms with van der Waals surface area (Å²) in [6.45, 7) is 3.63. The molecule has 2 aromatic rings. The van der Waals surface area contributed by atoms with Crippen molar-refractivity contribution in [3.05, 3.63) is 39.6 Å². The molecular weight excluding hydrogens is 286 g/mol. The summed E-state index contributed by atoms with van der Waals surface area (Å²) in [5.41, 5.74) is 3.64. The normalized spacial score (nSPS) is 10.5. The summed E-state index contributed by atoms with van der Waals surface area (Å²) in [5, 5.41) is 7.77. The van der Waals surface area contributed by atoms with Gasteiger partial charge in [-0.2, -0.15) is 11.3 Å². The van der Waals surface area contributed by atoms with E-state index in [0.717, 1.165) is 29.4 Å². The van der Waals surface area contributed by atoms with E-state index in [1.165, 1.54) is 11.1 Å². The lowest BCUT2D eigenvalue weighted by Crippen LogP contribution is -2.14. The van der Waals surface area contributed by atoms with Crippen molar-refractivity contribution in [2.45, 2.75) is 20.0 Å². The smallest absolute Gasteiger partial charge is 0.130 e. The minimum atomic E-state index is 0.672. The minimum Gasteiger partial charge on any atom is -0.496 e. The summed E-state index contributed by atoms with van der Waals surface area (Å²) in [7, 11) is 4.94. The third kappa shape index (κ3) is 3.68. The second-order valence-electron chi connectivity index (χ2n) is 4.69. The lowest BCUT2D eigenvalue weighted by atomic mass is 10.1. The van der Waals surface area contributed by atoms with Gasteiger partial charge in [-0.1, -0.05) is 0 Å². The predicted octanol–water partition coefficient (Wildman–Crippen LogP) is 3.37. The zero-order valence-corrected chi connectivity index (χ0v) is 13.7. The van der Waals surface area contributed by atoms with E-state index < -0.39 is 0 Å². The molecule has 0 fully saturated rings. The Hall–Kier alpha value is -1.72. The predicted molar refractivity (Wildman–Crippen MR) is 85.7 cm³/mol. The minimum absolute atomic E-state index is 0.672. The molecule has 0 saturated carbocycles. The number of hydrogen-bond acceptors (Lipinski definition) is 5. The van der Waals surface area contributed by atoms with Crippen LogP contribution in [0.5, 0.6) is 17.2 Å². The van der Waals surface area contributed by atoms with E-state index in [1.54, 1.807) is 32.7 Å². The third-order valence-electron chi connectivity index (χ3n) is 3.40. The van der Waals surface area contributed by atoms with Crippen LogP contribution in [0.4, 0.5) is 0 Å². The van der Waals surface area contributed by atoms with Crippen LogP contribution in [0.1, 0.15) is 16.7 Å². The molecule has 0 spiro atoms. The van der Waals surface area contributed by atoms with Gasteiger partial charge in [0.25, 0.3) is 0 Å². The van der Waals surface area contributed by atoms with Crippen molar-refractivity contribution in [1.82, 2.24) is 5.32 Å². The van der Waals surface area contributed by atoms with Gasteiger partial charge in [0.2, 0.25) is 0 Å². The maximum atomic E-state index is 5.44. The van der Waals surface area contributed by atoms with Crippen LogP contribution in [0, 0.1) is 6.92 Å². The number of methoxy groups -OCH3 is 3. The van der Waals surface area contributed by atoms with E-state index in [4.69, 9.17) is 14.2 Å². The summed E-state index contributed by atoms with van der Waals surface area (Å²) < 4.78 is 16.1. The van der Waals surface area contributed by atoms with Crippen molar-refractivity contribution in [2.24, 2.45) is 0 Å². The van der Waals surface area contributed by atoms with E-state index in [2.05, 4.69) is 23.0 Å². The van der Waals surface area contributed by atoms with Crippen molar-refractivity contribution in [2.75, 3.05) is 21.3 Å². The largest absolute Gasteiger partial charge is 0.496 e. The van der Waals surface area contributed by atoms with E-state index in [0.29, 0.717) is 6.54 Å². The van der Waals surface area contributed by atoms with Gasteiger partial charge in [0.15, 0.2) is 0 Å². The van der Waals surface area contributed by atoms with E-state index >= 15 is 0 Å². The van der Waals surface area contributed by atoms with Crippen LogP contribution in [0.3, 0.4) is 0 Å². The van der Waals surface area contributed by atoms with Crippen molar-refractivity contribution in [3.63, 3.8) is 0 Å². The molecule has 2 rings (SSSR count). The second kappa shape index (κ2) is 7.33. The Labute approximate surface area is 129 Å². The van der Waals surface area contributed by atoms with Crippen molar-refractivity contribution in [3.8, 4) is 17.2 Å². The highest BCUT2D eigenvalue weighted by Crippen LogP contribution is 2.33. The molecular formula is C16H21NO3S. The summed E-state index contributed by atoms with van der Waals surface area (Å²) in [5.74, 6) is 2.25. The van der Waals surface area contributed by atoms with Gasteiger partial charge in [0.1, 0.15) is 17.2 Å². The highest BCUT2D eigenvalue weighted by molar-refractivity contribution is 7.08. The summed E-state index contributed by atoms with van der Waals surface area (Å²) in [4.78, 5) is 0. The second-order valence-corrected chi connectivity index (χ2v) is 5.44. The van der Waals surface area contributed by atoms with Crippen LogP contribution in [-0.4, -0.2) is 21.3 Å². The molecule has 21 heavy (non-hydrogen) atoms. The number of rotatable bonds is 7. The molecule has 1 aromatic heterocycles. The zero-order chi connectivity index (χ0) is 15.2. The quantitative estimate of drug-likeness (QED) is 0.851. The molecule has 5 heteroatoms. The van der Waals surface area contributed by atoms with Crippen molar-refractivity contribution >= 4 is 11.3 Å². The maximum absolute atomic E-state index is 5.44. The van der Waals surface area contributed by atoms with E-state index in [1.807, 2.05) is 12.1 Å². The number of benzene rings is 1. The zero-order valence-electron chi connectivity index (χ0n) is 12.9. The van der Waals surface area contributed by atoms with Crippen LogP contribution in [0.25, 0.3) is 0 Å². The lowest BCUT2D eigenvalue weighted by Gasteiger charge is -2.15. The van der Waals surface area contributed by atoms with Crippen molar-refractivity contribution in [1.29, 1.82) is 0 Å². The molecule has 0 saturated heterocycles. The van der Waals surface area contributed by atoms with Gasteiger partial charge >= 0.3 is 0 Å². The first kappa shape index (κ1) is 15.7. The van der Waals surface area contributed by atoms with Gasteiger partial charge in [-0.05, 0) is 28.8 Å². The summed E-state index contributed by atoms with van der Waals surface area (Å²) in [6, 6.07) is 3.74. The van der Waals surface area contributed by atoms with Gasteiger partial charge in [-0.25, -0.2) is 0 Å². The highest BCUT2D eigenvalue weighted by Gasteiger charge is 2.13. The van der Waals surface area contributed by atoms with Gasteiger partial charge < -0.3 is 19.5 Å². The van der Waals surface area contributed by atoms with E-state index in [9.17, 15) is 0 Å². The average molecular weight is 307 g/mol. The average Bonchev–Trinajstić information content (AvgIpc) is 2.92. The fourth-order valence-corrected chi connectivity index (χ4v) is 3.00. The maximum Gasteiger partial charge on any atom is 0.130 e. The first-order valence-corrected chi connectivity index (χ1v) is 7.65. The van der Waals surface area contributed by atoms with Crippen LogP contribution >= 0.6 is 11.3 Å². The molecule has 0 amide bonds. The van der Waals surface area contributed by atoms with E-state index in [-0.39, 0.29) is 0 Å². The van der Waals surface area contributed by atoms with Crippen molar-refractivity contribution < 1.29 is 14.2 Å². The van der Waals surface area contributed by atoms with Crippen LogP contribution in [0.15, 0.2) is 22.9 Å². The van der Waals surface area contributed by atoms with Crippen LogP contribution in [0.2, 0.25) is 0 Å². The Bertz CT molecular complexity index is 570. The lowest BCUT2D eigenvalue weighted by molar-refractivity contribution is 0.366.